The molecule has 132 valence electrons. The summed E-state index contributed by atoms with van der Waals surface area (Å²) >= 11 is 1.61. The van der Waals surface area contributed by atoms with Crippen molar-refractivity contribution in [3.63, 3.8) is 0 Å². The zero-order chi connectivity index (χ0) is 18.1. The van der Waals surface area contributed by atoms with E-state index in [0.717, 1.165) is 21.2 Å². The van der Waals surface area contributed by atoms with Gasteiger partial charge in [0.05, 0.1) is 10.2 Å². The molecule has 0 atom stereocenters. The summed E-state index contributed by atoms with van der Waals surface area (Å²) in [4.78, 5) is 13.7. The van der Waals surface area contributed by atoms with Gasteiger partial charge in [0.1, 0.15) is 5.69 Å². The van der Waals surface area contributed by atoms with E-state index in [9.17, 15) is 13.6 Å². The number of hydrogen-bond acceptors (Lipinski definition) is 2. The van der Waals surface area contributed by atoms with Crippen molar-refractivity contribution in [2.24, 2.45) is 5.92 Å². The van der Waals surface area contributed by atoms with Gasteiger partial charge in [-0.1, -0.05) is 19.9 Å². The Morgan fingerprint density at radius 2 is 1.96 bits per heavy atom. The van der Waals surface area contributed by atoms with Gasteiger partial charge in [0.15, 0.2) is 11.6 Å². The van der Waals surface area contributed by atoms with Gasteiger partial charge in [-0.15, -0.1) is 11.3 Å². The van der Waals surface area contributed by atoms with Gasteiger partial charge in [0.25, 0.3) is 5.91 Å². The van der Waals surface area contributed by atoms with Crippen LogP contribution >= 0.6 is 11.3 Å². The number of carbonyl (C=O) groups is 1. The molecule has 3 nitrogen and oxygen atoms in total. The standard InChI is InChI=1S/C19H20F2N2OS/c1-11(2)9-22-19(24)17-8-18-16(6-12(3)25-18)23(17)10-13-4-5-14(20)15(21)7-13/h4-8,11H,9-10H2,1-3H3,(H,22,24). The second kappa shape index (κ2) is 6.96. The molecule has 1 aromatic carbocycles. The van der Waals surface area contributed by atoms with Gasteiger partial charge >= 0.3 is 0 Å². The van der Waals surface area contributed by atoms with E-state index in [1.807, 2.05) is 37.5 Å². The van der Waals surface area contributed by atoms with Gasteiger partial charge in [0.2, 0.25) is 0 Å². The minimum absolute atomic E-state index is 0.155. The molecule has 0 aliphatic carbocycles. The molecule has 0 aliphatic rings. The van der Waals surface area contributed by atoms with E-state index in [1.54, 1.807) is 17.4 Å². The predicted molar refractivity (Wildman–Crippen MR) is 97.2 cm³/mol. The first-order valence-corrected chi connectivity index (χ1v) is 8.98. The molecule has 0 bridgehead atoms. The van der Waals surface area contributed by atoms with Gasteiger partial charge < -0.3 is 9.88 Å². The fraction of sp³-hybridized carbons (Fsp3) is 0.316. The Morgan fingerprint density at radius 1 is 1.20 bits per heavy atom. The Hall–Kier alpha value is -2.21. The first-order valence-electron chi connectivity index (χ1n) is 8.17. The monoisotopic (exact) mass is 362 g/mol. The zero-order valence-electron chi connectivity index (χ0n) is 14.4. The van der Waals surface area contributed by atoms with Crippen LogP contribution in [0.2, 0.25) is 0 Å². The van der Waals surface area contributed by atoms with Gasteiger partial charge in [-0.25, -0.2) is 8.78 Å². The number of nitrogens with one attached hydrogen (secondary N) is 1. The van der Waals surface area contributed by atoms with Crippen molar-refractivity contribution < 1.29 is 13.6 Å². The van der Waals surface area contributed by atoms with E-state index in [0.29, 0.717) is 30.3 Å². The molecule has 0 spiro atoms. The minimum Gasteiger partial charge on any atom is -0.351 e. The van der Waals surface area contributed by atoms with Crippen LogP contribution in [0.4, 0.5) is 8.78 Å². The number of thiophene rings is 1. The summed E-state index contributed by atoms with van der Waals surface area (Å²) in [7, 11) is 0. The van der Waals surface area contributed by atoms with Crippen molar-refractivity contribution >= 4 is 27.5 Å². The summed E-state index contributed by atoms with van der Waals surface area (Å²) in [5.41, 5.74) is 2.08. The molecule has 0 saturated carbocycles. The largest absolute Gasteiger partial charge is 0.351 e. The van der Waals surface area contributed by atoms with E-state index in [2.05, 4.69) is 5.32 Å². The Bertz CT molecular complexity index is 927. The quantitative estimate of drug-likeness (QED) is 0.700. The van der Waals surface area contributed by atoms with Crippen LogP contribution < -0.4 is 5.32 Å². The minimum atomic E-state index is -0.881. The third-order valence-corrected chi connectivity index (χ3v) is 4.93. The molecule has 0 unspecified atom stereocenters. The van der Waals surface area contributed by atoms with E-state index < -0.39 is 11.6 Å². The van der Waals surface area contributed by atoms with Gasteiger partial charge in [-0.3, -0.25) is 4.79 Å². The van der Waals surface area contributed by atoms with Crippen LogP contribution in [0.3, 0.4) is 0 Å². The molecule has 1 N–H and O–H groups in total. The van der Waals surface area contributed by atoms with E-state index in [1.165, 1.54) is 6.07 Å². The van der Waals surface area contributed by atoms with E-state index in [4.69, 9.17) is 0 Å². The summed E-state index contributed by atoms with van der Waals surface area (Å²) in [6.07, 6.45) is 0. The van der Waals surface area contributed by atoms with Crippen molar-refractivity contribution in [3.8, 4) is 0 Å². The Morgan fingerprint density at radius 3 is 2.64 bits per heavy atom. The number of nitrogens with zero attached hydrogens (tertiary/aromatic N) is 1. The molecule has 0 aliphatic heterocycles. The first-order chi connectivity index (χ1) is 11.8. The van der Waals surface area contributed by atoms with Crippen LogP contribution in [0.25, 0.3) is 10.2 Å². The molecule has 1 amide bonds. The molecule has 0 saturated heterocycles. The average Bonchev–Trinajstić information content (AvgIpc) is 3.06. The molecule has 25 heavy (non-hydrogen) atoms. The maximum atomic E-state index is 13.5. The van der Waals surface area contributed by atoms with E-state index in [-0.39, 0.29) is 5.91 Å². The zero-order valence-corrected chi connectivity index (χ0v) is 15.2. The Labute approximate surface area is 149 Å². The van der Waals surface area contributed by atoms with Crippen LogP contribution in [0.1, 0.15) is 34.8 Å². The third kappa shape index (κ3) is 3.74. The number of fused-ring (bicyclic) bond motifs is 1. The topological polar surface area (TPSA) is 34.0 Å². The normalized spacial score (nSPS) is 11.4. The highest BCUT2D eigenvalue weighted by Crippen LogP contribution is 2.29. The lowest BCUT2D eigenvalue weighted by Gasteiger charge is -2.12. The Kier molecular flexibility index (Phi) is 4.90. The number of aryl methyl sites for hydroxylation is 1. The lowest BCUT2D eigenvalue weighted by Crippen LogP contribution is -2.29. The maximum Gasteiger partial charge on any atom is 0.267 e. The molecule has 3 rings (SSSR count). The van der Waals surface area contributed by atoms with Crippen molar-refractivity contribution in [3.05, 3.63) is 58.1 Å². The second-order valence-electron chi connectivity index (χ2n) is 6.57. The SMILES string of the molecule is Cc1cc2c(cc(C(=O)NCC(C)C)n2Cc2ccc(F)c(F)c2)s1. The first kappa shape index (κ1) is 17.6. The smallest absolute Gasteiger partial charge is 0.267 e. The van der Waals surface area contributed by atoms with Crippen LogP contribution in [-0.4, -0.2) is 17.0 Å². The van der Waals surface area contributed by atoms with Gasteiger partial charge in [-0.05, 0) is 42.7 Å². The number of amides is 1. The highest BCUT2D eigenvalue weighted by molar-refractivity contribution is 7.19. The predicted octanol–water partition coefficient (Wildman–Crippen LogP) is 4.72. The highest BCUT2D eigenvalue weighted by atomic mass is 32.1. The molecule has 2 aromatic heterocycles. The van der Waals surface area contributed by atoms with Crippen molar-refractivity contribution in [2.45, 2.75) is 27.3 Å². The third-order valence-electron chi connectivity index (χ3n) is 3.94. The number of carbonyl (C=O) groups excluding carboxylic acids is 1. The lowest BCUT2D eigenvalue weighted by atomic mass is 10.2. The summed E-state index contributed by atoms with van der Waals surface area (Å²) in [5.74, 6) is -1.56. The van der Waals surface area contributed by atoms with Gasteiger partial charge in [0, 0.05) is 18.0 Å². The molecular formula is C19H20F2N2OS. The fourth-order valence-electron chi connectivity index (χ4n) is 2.73. The molecule has 2 heterocycles. The van der Waals surface area contributed by atoms with E-state index >= 15 is 0 Å². The molecule has 6 heteroatoms. The van der Waals surface area contributed by atoms with Crippen LogP contribution in [0.15, 0.2) is 30.3 Å². The van der Waals surface area contributed by atoms with Gasteiger partial charge in [-0.2, -0.15) is 0 Å². The number of aromatic nitrogens is 1. The summed E-state index contributed by atoms with van der Waals surface area (Å²) in [6.45, 7) is 6.96. The number of halogens is 2. The summed E-state index contributed by atoms with van der Waals surface area (Å²) in [5, 5.41) is 2.92. The average molecular weight is 362 g/mol. The van der Waals surface area contributed by atoms with Crippen molar-refractivity contribution in [1.82, 2.24) is 9.88 Å². The van der Waals surface area contributed by atoms with Crippen molar-refractivity contribution in [1.29, 1.82) is 0 Å². The summed E-state index contributed by atoms with van der Waals surface area (Å²) < 4.78 is 29.6. The van der Waals surface area contributed by atoms with Crippen molar-refractivity contribution in [2.75, 3.05) is 6.54 Å². The Balaban J connectivity index is 1.99. The van der Waals surface area contributed by atoms with Crippen LogP contribution in [-0.2, 0) is 6.54 Å². The summed E-state index contributed by atoms with van der Waals surface area (Å²) in [6, 6.07) is 7.71. The number of benzene rings is 1. The molecule has 0 radical (unpaired) electrons. The fourth-order valence-corrected chi connectivity index (χ4v) is 3.69. The number of rotatable bonds is 5. The second-order valence-corrected chi connectivity index (χ2v) is 7.86. The lowest BCUT2D eigenvalue weighted by molar-refractivity contribution is 0.0940. The van der Waals surface area contributed by atoms with Crippen LogP contribution in [0, 0.1) is 24.5 Å². The molecule has 3 aromatic rings. The molecule has 0 fully saturated rings. The van der Waals surface area contributed by atoms with Crippen LogP contribution in [0.5, 0.6) is 0 Å². The molecular weight excluding hydrogens is 342 g/mol. The maximum absolute atomic E-state index is 13.5. The highest BCUT2D eigenvalue weighted by Gasteiger charge is 2.18. The number of hydrogen-bond donors (Lipinski definition) is 1.